The van der Waals surface area contributed by atoms with Gasteiger partial charge in [-0.05, 0) is 46.9 Å². The van der Waals surface area contributed by atoms with E-state index in [4.69, 9.17) is 18.3 Å². The van der Waals surface area contributed by atoms with Crippen molar-refractivity contribution in [2.75, 3.05) is 19.8 Å². The number of ether oxygens (including phenoxy) is 2. The van der Waals surface area contributed by atoms with E-state index in [1.807, 2.05) is 12.1 Å². The van der Waals surface area contributed by atoms with Crippen LogP contribution < -0.4 is 21.6 Å². The fourth-order valence-electron chi connectivity index (χ4n) is 5.93. The van der Waals surface area contributed by atoms with E-state index in [-0.39, 0.29) is 29.9 Å². The fourth-order valence-corrected chi connectivity index (χ4v) is 11.8. The summed E-state index contributed by atoms with van der Waals surface area (Å²) >= 11 is 0. The summed E-state index contributed by atoms with van der Waals surface area (Å²) in [7, 11) is -5.34. The van der Waals surface area contributed by atoms with Gasteiger partial charge in [0.2, 0.25) is 0 Å². The maximum atomic E-state index is 13.2. The van der Waals surface area contributed by atoms with Crippen LogP contribution in [0.5, 0.6) is 0 Å². The predicted molar refractivity (Wildman–Crippen MR) is 187 cm³/mol. The number of aliphatic hydroxyl groups excluding tert-OH is 1. The molecule has 0 spiro atoms. The van der Waals surface area contributed by atoms with Gasteiger partial charge >= 0.3 is 5.69 Å². The molecule has 2 heterocycles. The Morgan fingerprint density at radius 3 is 1.96 bits per heavy atom. The van der Waals surface area contributed by atoms with E-state index in [0.29, 0.717) is 12.0 Å². The highest BCUT2D eigenvalue weighted by Crippen LogP contribution is 2.43. The van der Waals surface area contributed by atoms with Gasteiger partial charge in [0.05, 0.1) is 6.61 Å². The average Bonchev–Trinajstić information content (AvgIpc) is 3.31. The highest BCUT2D eigenvalue weighted by atomic mass is 28.4. The van der Waals surface area contributed by atoms with Crippen LogP contribution in [0, 0.1) is 6.92 Å². The normalized spacial score (nSPS) is 21.1. The summed E-state index contributed by atoms with van der Waals surface area (Å²) in [6, 6.07) is 20.8. The number of aromatic nitrogens is 2. The molecule has 0 amide bonds. The molecule has 2 N–H and O–H groups in total. The molecule has 46 heavy (non-hydrogen) atoms. The molecule has 1 aromatic heterocycles. The molecule has 1 aliphatic heterocycles. The van der Waals surface area contributed by atoms with Gasteiger partial charge in [0.1, 0.15) is 18.3 Å². The molecule has 0 aliphatic carbocycles. The van der Waals surface area contributed by atoms with Crippen molar-refractivity contribution in [1.82, 2.24) is 9.55 Å². The molecule has 0 radical (unpaired) electrons. The van der Waals surface area contributed by atoms with E-state index in [0.717, 1.165) is 10.4 Å². The van der Waals surface area contributed by atoms with E-state index >= 15 is 0 Å². The minimum Gasteiger partial charge on any atom is -0.408 e. The number of nitrogens with zero attached hydrogens (tertiary/aromatic N) is 1. The van der Waals surface area contributed by atoms with E-state index in [9.17, 15) is 14.7 Å². The molecule has 3 aromatic rings. The Morgan fingerprint density at radius 1 is 0.891 bits per heavy atom. The average molecular weight is 669 g/mol. The Kier molecular flexibility index (Phi) is 11.2. The van der Waals surface area contributed by atoms with Gasteiger partial charge in [-0.1, -0.05) is 102 Å². The lowest BCUT2D eigenvalue weighted by Gasteiger charge is -2.44. The summed E-state index contributed by atoms with van der Waals surface area (Å²) in [6.45, 7) is 19.6. The van der Waals surface area contributed by atoms with Crippen molar-refractivity contribution in [3.63, 3.8) is 0 Å². The monoisotopic (exact) mass is 668 g/mol. The predicted octanol–water partition coefficient (Wildman–Crippen LogP) is 4.48. The zero-order valence-electron chi connectivity index (χ0n) is 28.8. The third-order valence-electron chi connectivity index (χ3n) is 9.44. The zero-order valence-corrected chi connectivity index (χ0v) is 30.8. The number of aryl methyl sites for hydroxylation is 1. The SMILES string of the molecule is Cc1cn([C@@H]2O[C@H](CO[Si](c3ccccc3)(c3ccccc3)C(C)(C)C)[C@@H](O[Si](C)(C)C(C)(C)C)[C@H]2OCCCO)c(=O)[nH]c1=O. The summed E-state index contributed by atoms with van der Waals surface area (Å²) < 4.78 is 29.0. The second-order valence-corrected chi connectivity index (χ2v) is 23.8. The lowest BCUT2D eigenvalue weighted by Crippen LogP contribution is -2.67. The van der Waals surface area contributed by atoms with Crippen molar-refractivity contribution >= 4 is 27.0 Å². The van der Waals surface area contributed by atoms with Crippen LogP contribution in [0.1, 0.15) is 59.8 Å². The first-order valence-electron chi connectivity index (χ1n) is 16.2. The van der Waals surface area contributed by atoms with E-state index < -0.39 is 52.4 Å². The second-order valence-electron chi connectivity index (χ2n) is 14.8. The fraction of sp³-hybridized carbons (Fsp3) is 0.543. The Labute approximate surface area is 275 Å². The third-order valence-corrected chi connectivity index (χ3v) is 18.9. The zero-order chi connectivity index (χ0) is 33.9. The van der Waals surface area contributed by atoms with E-state index in [1.54, 1.807) is 6.92 Å². The molecule has 1 saturated heterocycles. The van der Waals surface area contributed by atoms with Gasteiger partial charge in [-0.2, -0.15) is 0 Å². The van der Waals surface area contributed by atoms with Crippen molar-refractivity contribution in [3.8, 4) is 0 Å². The van der Waals surface area contributed by atoms with E-state index in [2.05, 4.69) is 108 Å². The standard InChI is InChI=1S/C35H52N2O7Si2/c1-25-23-37(33(40)36-31(25)39)32-30(41-22-16-21-38)29(44-45(8,9)34(2,3)4)28(43-32)24-42-46(35(5,6)7,26-17-12-10-13-18-26)27-19-14-11-15-20-27/h10-15,17-20,23,28-30,32,38H,16,21-22,24H2,1-9H3,(H,36,39,40)/t28-,29-,30-,32-/m1/s1. The van der Waals surface area contributed by atoms with Crippen molar-refractivity contribution in [2.24, 2.45) is 0 Å². The molecule has 1 fully saturated rings. The van der Waals surface area contributed by atoms with Crippen LogP contribution >= 0.6 is 0 Å². The van der Waals surface area contributed by atoms with Gasteiger partial charge in [-0.15, -0.1) is 0 Å². The third kappa shape index (κ3) is 7.41. The lowest BCUT2D eigenvalue weighted by atomic mass is 10.1. The number of hydrogen-bond acceptors (Lipinski definition) is 7. The molecule has 1 aliphatic rings. The molecule has 11 heteroatoms. The molecule has 4 rings (SSSR count). The summed E-state index contributed by atoms with van der Waals surface area (Å²) in [4.78, 5) is 27.9. The highest BCUT2D eigenvalue weighted by molar-refractivity contribution is 6.99. The van der Waals surface area contributed by atoms with Gasteiger partial charge in [0.25, 0.3) is 13.9 Å². The lowest BCUT2D eigenvalue weighted by molar-refractivity contribution is -0.0750. The van der Waals surface area contributed by atoms with Crippen LogP contribution in [0.25, 0.3) is 0 Å². The van der Waals surface area contributed by atoms with Gasteiger partial charge in [0, 0.05) is 25.0 Å². The first-order chi connectivity index (χ1) is 21.5. The molecule has 252 valence electrons. The minimum absolute atomic E-state index is 0.0376. The molecule has 0 unspecified atom stereocenters. The Morgan fingerprint density at radius 2 is 1.46 bits per heavy atom. The largest absolute Gasteiger partial charge is 0.408 e. The number of H-pyrrole nitrogens is 1. The van der Waals surface area contributed by atoms with Crippen LogP contribution in [0.15, 0.2) is 76.4 Å². The highest BCUT2D eigenvalue weighted by Gasteiger charge is 2.55. The maximum Gasteiger partial charge on any atom is 0.330 e. The van der Waals surface area contributed by atoms with Crippen LogP contribution in [0.4, 0.5) is 0 Å². The molecular weight excluding hydrogens is 617 g/mol. The molecular formula is C35H52N2O7Si2. The first kappa shape index (κ1) is 36.2. The Hall–Kier alpha value is -2.65. The first-order valence-corrected chi connectivity index (χ1v) is 21.0. The number of aliphatic hydroxyl groups is 1. The number of nitrogens with one attached hydrogen (secondary N) is 1. The van der Waals surface area contributed by atoms with Crippen LogP contribution in [-0.4, -0.2) is 69.4 Å². The van der Waals surface area contributed by atoms with Gasteiger partial charge in [-0.3, -0.25) is 14.3 Å². The number of rotatable bonds is 12. The second kappa shape index (κ2) is 14.2. The molecule has 0 bridgehead atoms. The van der Waals surface area contributed by atoms with Crippen molar-refractivity contribution in [1.29, 1.82) is 0 Å². The van der Waals surface area contributed by atoms with Crippen molar-refractivity contribution < 1.29 is 23.4 Å². The summed E-state index contributed by atoms with van der Waals surface area (Å²) in [5.74, 6) is 0. The molecule has 0 saturated carbocycles. The smallest absolute Gasteiger partial charge is 0.330 e. The Bertz CT molecular complexity index is 1510. The topological polar surface area (TPSA) is 112 Å². The van der Waals surface area contributed by atoms with Crippen LogP contribution in [0.3, 0.4) is 0 Å². The van der Waals surface area contributed by atoms with Gasteiger partial charge < -0.3 is 23.4 Å². The van der Waals surface area contributed by atoms with Crippen molar-refractivity contribution in [2.45, 2.75) is 103 Å². The maximum absolute atomic E-state index is 13.2. The molecule has 9 nitrogen and oxygen atoms in total. The minimum atomic E-state index is -2.94. The van der Waals surface area contributed by atoms with E-state index in [1.165, 1.54) is 10.8 Å². The van der Waals surface area contributed by atoms with Gasteiger partial charge in [-0.25, -0.2) is 4.79 Å². The van der Waals surface area contributed by atoms with Crippen LogP contribution in [0.2, 0.25) is 23.2 Å². The Balaban J connectivity index is 1.85. The van der Waals surface area contributed by atoms with Crippen molar-refractivity contribution in [3.05, 3.63) is 93.3 Å². The summed E-state index contributed by atoms with van der Waals surface area (Å²) in [5.41, 5.74) is -0.653. The quantitative estimate of drug-likeness (QED) is 0.216. The van der Waals surface area contributed by atoms with Crippen LogP contribution in [-0.2, 0) is 18.3 Å². The van der Waals surface area contributed by atoms with Gasteiger partial charge in [0.15, 0.2) is 14.5 Å². The summed E-state index contributed by atoms with van der Waals surface area (Å²) in [5, 5.41) is 11.5. The number of aromatic amines is 1. The molecule has 2 aromatic carbocycles. The number of hydrogen-bond donors (Lipinski definition) is 2. The molecule has 4 atom stereocenters. The number of benzene rings is 2. The summed E-state index contributed by atoms with van der Waals surface area (Å²) in [6.07, 6.45) is -0.830.